The zero-order chi connectivity index (χ0) is 20.7. The number of carbonyl (C=O) groups excluding carboxylic acids is 2. The lowest BCUT2D eigenvalue weighted by Gasteiger charge is -2.37. The van der Waals surface area contributed by atoms with E-state index < -0.39 is 0 Å². The van der Waals surface area contributed by atoms with E-state index >= 15 is 0 Å². The molecule has 1 aromatic rings. The zero-order valence-corrected chi connectivity index (χ0v) is 17.5. The SMILES string of the molecule is CC1CCC2OC3=C(C(=O)C2C1)C(c1ccncc1)N(CCN1CCOCC1)C3=O. The predicted octanol–water partition coefficient (Wildman–Crippen LogP) is 1.96. The van der Waals surface area contributed by atoms with Crippen LogP contribution in [0.2, 0.25) is 0 Å². The van der Waals surface area contributed by atoms with E-state index in [-0.39, 0.29) is 29.8 Å². The van der Waals surface area contributed by atoms with Crippen molar-refractivity contribution in [1.82, 2.24) is 14.8 Å². The summed E-state index contributed by atoms with van der Waals surface area (Å²) in [5, 5.41) is 0. The van der Waals surface area contributed by atoms with Crippen molar-refractivity contribution < 1.29 is 19.1 Å². The van der Waals surface area contributed by atoms with Crippen molar-refractivity contribution in [1.29, 1.82) is 0 Å². The third-order valence-corrected chi connectivity index (χ3v) is 6.99. The monoisotopic (exact) mass is 411 g/mol. The number of amides is 1. The van der Waals surface area contributed by atoms with Crippen molar-refractivity contribution in [2.24, 2.45) is 11.8 Å². The Bertz CT molecular complexity index is 849. The Balaban J connectivity index is 1.46. The van der Waals surface area contributed by atoms with Gasteiger partial charge in [0.25, 0.3) is 5.91 Å². The smallest absolute Gasteiger partial charge is 0.290 e. The van der Waals surface area contributed by atoms with Gasteiger partial charge < -0.3 is 14.4 Å². The Labute approximate surface area is 177 Å². The summed E-state index contributed by atoms with van der Waals surface area (Å²) in [5.41, 5.74) is 1.48. The summed E-state index contributed by atoms with van der Waals surface area (Å²) in [6, 6.07) is 3.42. The van der Waals surface area contributed by atoms with Gasteiger partial charge in [0.1, 0.15) is 6.10 Å². The molecular weight excluding hydrogens is 382 g/mol. The van der Waals surface area contributed by atoms with Crippen molar-refractivity contribution in [3.8, 4) is 0 Å². The second kappa shape index (κ2) is 8.12. The van der Waals surface area contributed by atoms with E-state index in [2.05, 4.69) is 16.8 Å². The van der Waals surface area contributed by atoms with Gasteiger partial charge in [0.05, 0.1) is 30.7 Å². The molecule has 30 heavy (non-hydrogen) atoms. The number of fused-ring (bicyclic) bond motifs is 1. The van der Waals surface area contributed by atoms with E-state index in [9.17, 15) is 9.59 Å². The van der Waals surface area contributed by atoms with Crippen LogP contribution in [0, 0.1) is 11.8 Å². The molecule has 1 saturated carbocycles. The standard InChI is InChI=1S/C23H29N3O4/c1-15-2-3-18-17(14-15)21(27)19-20(16-4-6-24-7-5-16)26(23(28)22(19)30-18)9-8-25-10-12-29-13-11-25/h4-7,15,17-18,20H,2-3,8-14H2,1H3. The number of Topliss-reactive ketones (excluding diaryl/α,β-unsaturated/α-hetero) is 1. The molecule has 2 fully saturated rings. The summed E-state index contributed by atoms with van der Waals surface area (Å²) < 4.78 is 11.7. The minimum Gasteiger partial charge on any atom is -0.483 e. The molecule has 1 saturated heterocycles. The highest BCUT2D eigenvalue weighted by Gasteiger charge is 2.52. The molecule has 0 radical (unpaired) electrons. The van der Waals surface area contributed by atoms with Crippen LogP contribution in [-0.2, 0) is 19.1 Å². The number of ketones is 1. The Hall–Kier alpha value is -2.25. The minimum atomic E-state index is -0.387. The predicted molar refractivity (Wildman–Crippen MR) is 109 cm³/mol. The molecule has 1 aliphatic carbocycles. The highest BCUT2D eigenvalue weighted by Crippen LogP contribution is 2.47. The van der Waals surface area contributed by atoms with E-state index in [0.29, 0.717) is 23.8 Å². The van der Waals surface area contributed by atoms with Gasteiger partial charge >= 0.3 is 0 Å². The molecule has 0 spiro atoms. The van der Waals surface area contributed by atoms with Crippen LogP contribution in [0.4, 0.5) is 0 Å². The Kier molecular flexibility index (Phi) is 5.33. The Morgan fingerprint density at radius 2 is 1.87 bits per heavy atom. The third-order valence-electron chi connectivity index (χ3n) is 6.99. The molecular formula is C23H29N3O4. The number of rotatable bonds is 4. The highest BCUT2D eigenvalue weighted by atomic mass is 16.5. The number of hydrogen-bond donors (Lipinski definition) is 0. The molecule has 4 heterocycles. The van der Waals surface area contributed by atoms with Crippen molar-refractivity contribution in [2.75, 3.05) is 39.4 Å². The lowest BCUT2D eigenvalue weighted by molar-refractivity contribution is -0.136. The maximum absolute atomic E-state index is 13.6. The topological polar surface area (TPSA) is 72.0 Å². The van der Waals surface area contributed by atoms with E-state index in [4.69, 9.17) is 9.47 Å². The van der Waals surface area contributed by atoms with Gasteiger partial charge in [-0.2, -0.15) is 0 Å². The molecule has 3 aliphatic heterocycles. The highest BCUT2D eigenvalue weighted by molar-refractivity contribution is 6.11. The van der Waals surface area contributed by atoms with Crippen LogP contribution in [0.15, 0.2) is 35.9 Å². The summed E-state index contributed by atoms with van der Waals surface area (Å²) in [6.07, 6.45) is 6.00. The molecule has 5 rings (SSSR count). The molecule has 4 atom stereocenters. The van der Waals surface area contributed by atoms with Gasteiger partial charge in [-0.1, -0.05) is 6.92 Å². The fourth-order valence-electron chi connectivity index (χ4n) is 5.32. The Morgan fingerprint density at radius 3 is 2.63 bits per heavy atom. The maximum Gasteiger partial charge on any atom is 0.290 e. The normalized spacial score (nSPS) is 32.1. The molecule has 4 aliphatic rings. The third kappa shape index (κ3) is 3.44. The van der Waals surface area contributed by atoms with Crippen LogP contribution in [0.3, 0.4) is 0 Å². The second-order valence-electron chi connectivity index (χ2n) is 8.92. The van der Waals surface area contributed by atoms with Gasteiger partial charge in [-0.3, -0.25) is 19.5 Å². The van der Waals surface area contributed by atoms with E-state index in [1.165, 1.54) is 0 Å². The summed E-state index contributed by atoms with van der Waals surface area (Å²) in [4.78, 5) is 35.3. The average molecular weight is 412 g/mol. The second-order valence-corrected chi connectivity index (χ2v) is 8.92. The minimum absolute atomic E-state index is 0.108. The van der Waals surface area contributed by atoms with Crippen LogP contribution in [0.1, 0.15) is 37.8 Å². The van der Waals surface area contributed by atoms with E-state index in [1.807, 2.05) is 17.0 Å². The van der Waals surface area contributed by atoms with E-state index in [0.717, 1.165) is 57.7 Å². The first-order chi connectivity index (χ1) is 14.6. The number of hydrogen-bond acceptors (Lipinski definition) is 6. The fraction of sp³-hybridized carbons (Fsp3) is 0.609. The molecule has 4 unspecified atom stereocenters. The number of nitrogens with zero attached hydrogens (tertiary/aromatic N) is 3. The summed E-state index contributed by atoms with van der Waals surface area (Å²) in [6.45, 7) is 6.69. The van der Waals surface area contributed by atoms with Crippen molar-refractivity contribution >= 4 is 11.7 Å². The lowest BCUT2D eigenvalue weighted by Crippen LogP contribution is -2.43. The first kappa shape index (κ1) is 19.7. The molecule has 0 N–H and O–H groups in total. The molecule has 0 bridgehead atoms. The van der Waals surface area contributed by atoms with Gasteiger partial charge in [0, 0.05) is 38.6 Å². The van der Waals surface area contributed by atoms with Crippen LogP contribution < -0.4 is 0 Å². The van der Waals surface area contributed by atoms with Crippen molar-refractivity contribution in [3.63, 3.8) is 0 Å². The molecule has 1 amide bonds. The van der Waals surface area contributed by atoms with Crippen LogP contribution in [-0.4, -0.2) is 72.0 Å². The molecule has 1 aromatic heterocycles. The maximum atomic E-state index is 13.6. The van der Waals surface area contributed by atoms with Gasteiger partial charge in [0.15, 0.2) is 11.5 Å². The number of pyridine rings is 1. The number of morpholine rings is 1. The average Bonchev–Trinajstić information content (AvgIpc) is 3.06. The molecule has 160 valence electrons. The fourth-order valence-corrected chi connectivity index (χ4v) is 5.32. The summed E-state index contributed by atoms with van der Waals surface area (Å²) >= 11 is 0. The largest absolute Gasteiger partial charge is 0.483 e. The van der Waals surface area contributed by atoms with Gasteiger partial charge in [0.2, 0.25) is 0 Å². The van der Waals surface area contributed by atoms with E-state index in [1.54, 1.807) is 12.4 Å². The number of aromatic nitrogens is 1. The molecule has 7 nitrogen and oxygen atoms in total. The van der Waals surface area contributed by atoms with Crippen LogP contribution >= 0.6 is 0 Å². The van der Waals surface area contributed by atoms with Gasteiger partial charge in [-0.05, 0) is 42.9 Å². The number of ether oxygens (including phenoxy) is 2. The van der Waals surface area contributed by atoms with Crippen LogP contribution in [0.5, 0.6) is 0 Å². The quantitative estimate of drug-likeness (QED) is 0.754. The summed E-state index contributed by atoms with van der Waals surface area (Å²) in [7, 11) is 0. The van der Waals surface area contributed by atoms with Crippen molar-refractivity contribution in [2.45, 2.75) is 38.3 Å². The lowest BCUT2D eigenvalue weighted by atomic mass is 9.74. The summed E-state index contributed by atoms with van der Waals surface area (Å²) in [5.74, 6) is 0.626. The van der Waals surface area contributed by atoms with Gasteiger partial charge in [-0.15, -0.1) is 0 Å². The first-order valence-corrected chi connectivity index (χ1v) is 11.1. The van der Waals surface area contributed by atoms with Gasteiger partial charge in [-0.25, -0.2) is 0 Å². The van der Waals surface area contributed by atoms with Crippen molar-refractivity contribution in [3.05, 3.63) is 41.4 Å². The number of carbonyl (C=O) groups is 2. The first-order valence-electron chi connectivity index (χ1n) is 11.1. The molecule has 7 heteroatoms. The molecule has 0 aromatic carbocycles. The Morgan fingerprint density at radius 1 is 1.10 bits per heavy atom. The van der Waals surface area contributed by atoms with Crippen LogP contribution in [0.25, 0.3) is 0 Å². The zero-order valence-electron chi connectivity index (χ0n) is 17.5.